The summed E-state index contributed by atoms with van der Waals surface area (Å²) in [5, 5.41) is 11.3. The first-order valence-electron chi connectivity index (χ1n) is 11.5. The Morgan fingerprint density at radius 2 is 1.71 bits per heavy atom. The highest BCUT2D eigenvalue weighted by Crippen LogP contribution is 2.39. The molecule has 8 nitrogen and oxygen atoms in total. The fourth-order valence-electron chi connectivity index (χ4n) is 3.80. The predicted molar refractivity (Wildman–Crippen MR) is 150 cm³/mol. The van der Waals surface area contributed by atoms with Gasteiger partial charge in [-0.2, -0.15) is 10.1 Å². The van der Waals surface area contributed by atoms with Crippen molar-refractivity contribution in [1.29, 1.82) is 0 Å². The Kier molecular flexibility index (Phi) is 8.26. The Hall–Kier alpha value is -3.59. The summed E-state index contributed by atoms with van der Waals surface area (Å²) in [5.74, 6) is -1.33. The summed E-state index contributed by atoms with van der Waals surface area (Å²) in [5.41, 5.74) is 2.86. The third-order valence-electron chi connectivity index (χ3n) is 5.73. The first-order chi connectivity index (χ1) is 18.0. The molecule has 0 aliphatic carbocycles. The van der Waals surface area contributed by atoms with Crippen molar-refractivity contribution >= 4 is 69.7 Å². The number of nitrogens with one attached hydrogen (secondary N) is 2. The van der Waals surface area contributed by atoms with Gasteiger partial charge in [0, 0.05) is 16.3 Å². The van der Waals surface area contributed by atoms with Crippen LogP contribution >= 0.6 is 34.8 Å². The van der Waals surface area contributed by atoms with Crippen LogP contribution in [0.2, 0.25) is 15.1 Å². The van der Waals surface area contributed by atoms with Crippen molar-refractivity contribution < 1.29 is 19.1 Å². The number of carbonyl (C=O) groups excluding carboxylic acids is 3. The fourth-order valence-corrected chi connectivity index (χ4v) is 4.78. The zero-order valence-corrected chi connectivity index (χ0v) is 22.9. The average Bonchev–Trinajstić information content (AvgIpc) is 3.11. The highest BCUT2D eigenvalue weighted by Gasteiger charge is 2.36. The average molecular weight is 574 g/mol. The minimum atomic E-state index is -0.757. The van der Waals surface area contributed by atoms with Gasteiger partial charge in [0.15, 0.2) is 6.61 Å². The number of amides is 3. The highest BCUT2D eigenvalue weighted by molar-refractivity contribution is 6.42. The van der Waals surface area contributed by atoms with Crippen molar-refractivity contribution in [2.75, 3.05) is 16.9 Å². The molecule has 3 aromatic carbocycles. The zero-order chi connectivity index (χ0) is 27.6. The lowest BCUT2D eigenvalue weighted by Crippen LogP contribution is -2.35. The van der Waals surface area contributed by atoms with Crippen molar-refractivity contribution in [3.63, 3.8) is 0 Å². The molecule has 0 aromatic heterocycles. The second-order valence-corrected chi connectivity index (χ2v) is 9.97. The Morgan fingerprint density at radius 3 is 2.39 bits per heavy atom. The van der Waals surface area contributed by atoms with Crippen LogP contribution in [-0.2, 0) is 9.59 Å². The minimum absolute atomic E-state index is 0.124. The lowest BCUT2D eigenvalue weighted by atomic mass is 10.1. The van der Waals surface area contributed by atoms with E-state index in [1.54, 1.807) is 25.1 Å². The summed E-state index contributed by atoms with van der Waals surface area (Å²) in [4.78, 5) is 38.2. The van der Waals surface area contributed by atoms with Gasteiger partial charge in [0.25, 0.3) is 17.7 Å². The number of ether oxygens (including phenoxy) is 1. The molecule has 1 aliphatic rings. The largest absolute Gasteiger partial charge is 0.483 e. The number of hydrogen-bond donors (Lipinski definition) is 2. The maximum absolute atomic E-state index is 13.0. The van der Waals surface area contributed by atoms with Gasteiger partial charge in [0.2, 0.25) is 0 Å². The Bertz CT molecular complexity index is 1450. The molecule has 4 rings (SSSR count). The van der Waals surface area contributed by atoms with Crippen LogP contribution in [0.3, 0.4) is 0 Å². The van der Waals surface area contributed by atoms with Crippen LogP contribution in [0, 0.1) is 19.8 Å². The number of nitrogens with zero attached hydrogens (tertiary/aromatic N) is 2. The Labute approximate surface area is 234 Å². The van der Waals surface area contributed by atoms with E-state index in [1.807, 2.05) is 32.0 Å². The summed E-state index contributed by atoms with van der Waals surface area (Å²) >= 11 is 18.5. The predicted octanol–water partition coefficient (Wildman–Crippen LogP) is 6.01. The summed E-state index contributed by atoms with van der Waals surface area (Å²) in [6.07, 6.45) is 0. The molecule has 3 aromatic rings. The van der Waals surface area contributed by atoms with Crippen LogP contribution < -0.4 is 20.4 Å². The number of rotatable bonds is 6. The smallest absolute Gasteiger partial charge is 0.262 e. The molecule has 0 bridgehead atoms. The van der Waals surface area contributed by atoms with Crippen LogP contribution in [0.5, 0.6) is 5.75 Å². The second-order valence-electron chi connectivity index (χ2n) is 8.72. The molecular formula is C27H23Cl3N4O4. The Morgan fingerprint density at radius 1 is 1.00 bits per heavy atom. The lowest BCUT2D eigenvalue weighted by molar-refractivity contribution is -0.119. The van der Waals surface area contributed by atoms with E-state index in [9.17, 15) is 14.4 Å². The van der Waals surface area contributed by atoms with Crippen molar-refractivity contribution in [3.8, 4) is 5.75 Å². The molecule has 0 spiro atoms. The van der Waals surface area contributed by atoms with Crippen molar-refractivity contribution in [3.05, 3.63) is 86.4 Å². The van der Waals surface area contributed by atoms with E-state index in [4.69, 9.17) is 39.5 Å². The number of benzene rings is 3. The van der Waals surface area contributed by atoms with Gasteiger partial charge >= 0.3 is 0 Å². The van der Waals surface area contributed by atoms with Crippen LogP contribution in [0.1, 0.15) is 28.4 Å². The van der Waals surface area contributed by atoms with E-state index in [2.05, 4.69) is 15.7 Å². The SMILES string of the molecule is Cc1ccc(OCC(=O)Nc2cccc(C(=O)NC3=NN(c4c(Cl)cc(Cl)cc4Cl)C(=O)C3C)c2)c(C)c1. The highest BCUT2D eigenvalue weighted by atomic mass is 35.5. The van der Waals surface area contributed by atoms with E-state index in [0.717, 1.165) is 16.1 Å². The molecule has 0 radical (unpaired) electrons. The number of aryl methyl sites for hydroxylation is 2. The van der Waals surface area contributed by atoms with E-state index in [1.165, 1.54) is 18.2 Å². The number of carbonyl (C=O) groups is 3. The summed E-state index contributed by atoms with van der Waals surface area (Å²) in [6, 6.07) is 14.9. The van der Waals surface area contributed by atoms with Gasteiger partial charge < -0.3 is 15.4 Å². The summed E-state index contributed by atoms with van der Waals surface area (Å²) in [6.45, 7) is 5.29. The number of amidine groups is 1. The maximum Gasteiger partial charge on any atom is 0.262 e. The molecule has 0 saturated carbocycles. The van der Waals surface area contributed by atoms with E-state index >= 15 is 0 Å². The minimum Gasteiger partial charge on any atom is -0.483 e. The first-order valence-corrected chi connectivity index (χ1v) is 12.6. The molecule has 38 heavy (non-hydrogen) atoms. The molecule has 11 heteroatoms. The number of halogens is 3. The van der Waals surface area contributed by atoms with Gasteiger partial charge in [0.05, 0.1) is 16.0 Å². The van der Waals surface area contributed by atoms with E-state index in [0.29, 0.717) is 16.5 Å². The monoisotopic (exact) mass is 572 g/mol. The zero-order valence-electron chi connectivity index (χ0n) is 20.6. The van der Waals surface area contributed by atoms with Gasteiger partial charge in [-0.3, -0.25) is 14.4 Å². The molecule has 1 atom stereocenters. The quantitative estimate of drug-likeness (QED) is 0.377. The van der Waals surface area contributed by atoms with Gasteiger partial charge in [0.1, 0.15) is 17.3 Å². The maximum atomic E-state index is 13.0. The van der Waals surface area contributed by atoms with Gasteiger partial charge in [-0.1, -0.05) is 58.6 Å². The topological polar surface area (TPSA) is 100 Å². The summed E-state index contributed by atoms with van der Waals surface area (Å²) < 4.78 is 5.61. The molecule has 1 unspecified atom stereocenters. The molecule has 1 aliphatic heterocycles. The molecular weight excluding hydrogens is 551 g/mol. The molecule has 0 fully saturated rings. The lowest BCUT2D eigenvalue weighted by Gasteiger charge is -2.16. The molecule has 196 valence electrons. The first kappa shape index (κ1) is 27.4. The van der Waals surface area contributed by atoms with Crippen molar-refractivity contribution in [2.45, 2.75) is 20.8 Å². The van der Waals surface area contributed by atoms with Crippen molar-refractivity contribution in [2.24, 2.45) is 11.0 Å². The van der Waals surface area contributed by atoms with E-state index in [-0.39, 0.29) is 39.6 Å². The molecule has 3 amide bonds. The fraction of sp³-hybridized carbons (Fsp3) is 0.185. The number of hydrogen-bond acceptors (Lipinski definition) is 5. The van der Waals surface area contributed by atoms with Gasteiger partial charge in [-0.15, -0.1) is 0 Å². The van der Waals surface area contributed by atoms with Gasteiger partial charge in [-0.25, -0.2) is 0 Å². The third kappa shape index (κ3) is 6.10. The van der Waals surface area contributed by atoms with E-state index < -0.39 is 17.7 Å². The van der Waals surface area contributed by atoms with Crippen molar-refractivity contribution in [1.82, 2.24) is 5.32 Å². The molecule has 2 N–H and O–H groups in total. The standard InChI is InChI=1S/C27H23Cl3N4O4/c1-14-7-8-22(15(2)9-14)38-13-23(35)31-19-6-4-5-17(10-19)26(36)32-25-16(3)27(37)34(33-25)24-20(29)11-18(28)12-21(24)30/h4-12,16H,13H2,1-3H3,(H,31,35)(H,32,33,36). The number of hydrazone groups is 1. The molecule has 0 saturated heterocycles. The van der Waals surface area contributed by atoms with Crippen LogP contribution in [0.15, 0.2) is 59.7 Å². The van der Waals surface area contributed by atoms with Crippen LogP contribution in [0.25, 0.3) is 0 Å². The third-order valence-corrected chi connectivity index (χ3v) is 6.52. The summed E-state index contributed by atoms with van der Waals surface area (Å²) in [7, 11) is 0. The normalized spacial score (nSPS) is 14.8. The Balaban J connectivity index is 1.43. The second kappa shape index (κ2) is 11.4. The molecule has 1 heterocycles. The number of anilines is 2. The van der Waals surface area contributed by atoms with Gasteiger partial charge in [-0.05, 0) is 62.7 Å². The van der Waals surface area contributed by atoms with Crippen LogP contribution in [0.4, 0.5) is 11.4 Å². The van der Waals surface area contributed by atoms with Crippen LogP contribution in [-0.4, -0.2) is 30.2 Å².